The molecule has 2 heterocycles. The predicted molar refractivity (Wildman–Crippen MR) is 55.2 cm³/mol. The van der Waals surface area contributed by atoms with Gasteiger partial charge in [-0.25, -0.2) is 0 Å². The third kappa shape index (κ3) is 2.27. The van der Waals surface area contributed by atoms with Crippen molar-refractivity contribution in [1.29, 1.82) is 0 Å². The molecule has 0 aromatic heterocycles. The lowest BCUT2D eigenvalue weighted by atomic mass is 9.95. The first-order chi connectivity index (χ1) is 6.77. The van der Waals surface area contributed by atoms with Gasteiger partial charge in [0.2, 0.25) is 0 Å². The Balaban J connectivity index is 1.87. The van der Waals surface area contributed by atoms with Crippen LogP contribution < -0.4 is 0 Å². The molecule has 0 spiro atoms. The number of aliphatic hydroxyl groups is 1. The van der Waals surface area contributed by atoms with E-state index < -0.39 is 0 Å². The van der Waals surface area contributed by atoms with Crippen LogP contribution in [0.5, 0.6) is 0 Å². The zero-order chi connectivity index (χ0) is 9.97. The van der Waals surface area contributed by atoms with Crippen LogP contribution in [0.1, 0.15) is 26.2 Å². The van der Waals surface area contributed by atoms with Gasteiger partial charge in [-0.15, -0.1) is 0 Å². The van der Waals surface area contributed by atoms with Crippen LogP contribution in [0, 0.1) is 5.92 Å². The van der Waals surface area contributed by atoms with Crippen LogP contribution in [0.15, 0.2) is 0 Å². The Morgan fingerprint density at radius 1 is 1.21 bits per heavy atom. The van der Waals surface area contributed by atoms with Crippen molar-refractivity contribution in [2.45, 2.75) is 38.3 Å². The maximum Gasteiger partial charge on any atom is 0.0739 e. The van der Waals surface area contributed by atoms with Gasteiger partial charge in [0.05, 0.1) is 18.8 Å². The van der Waals surface area contributed by atoms with Gasteiger partial charge >= 0.3 is 0 Å². The fourth-order valence-electron chi connectivity index (χ4n) is 2.42. The molecule has 2 rings (SSSR count). The molecule has 0 aromatic rings. The van der Waals surface area contributed by atoms with Crippen LogP contribution in [-0.4, -0.2) is 48.5 Å². The van der Waals surface area contributed by atoms with Crippen molar-refractivity contribution in [3.63, 3.8) is 0 Å². The van der Waals surface area contributed by atoms with Gasteiger partial charge in [-0.2, -0.15) is 0 Å². The van der Waals surface area contributed by atoms with Gasteiger partial charge in [0.25, 0.3) is 0 Å². The lowest BCUT2D eigenvalue weighted by Crippen LogP contribution is -2.52. The molecule has 82 valence electrons. The molecule has 0 saturated carbocycles. The molecule has 0 aliphatic carbocycles. The van der Waals surface area contributed by atoms with Gasteiger partial charge in [0.15, 0.2) is 0 Å². The zero-order valence-electron chi connectivity index (χ0n) is 8.98. The van der Waals surface area contributed by atoms with E-state index in [1.807, 2.05) is 0 Å². The summed E-state index contributed by atoms with van der Waals surface area (Å²) in [6.45, 7) is 6.01. The lowest BCUT2D eigenvalue weighted by Gasteiger charge is -2.40. The van der Waals surface area contributed by atoms with Crippen LogP contribution >= 0.6 is 0 Å². The molecule has 0 bridgehead atoms. The number of piperidine rings is 1. The molecule has 2 fully saturated rings. The lowest BCUT2D eigenvalue weighted by molar-refractivity contribution is -0.0683. The fourth-order valence-corrected chi connectivity index (χ4v) is 2.42. The minimum atomic E-state index is -0.169. The Hall–Kier alpha value is -0.120. The van der Waals surface area contributed by atoms with Crippen molar-refractivity contribution in [2.24, 2.45) is 5.92 Å². The van der Waals surface area contributed by atoms with Gasteiger partial charge in [0, 0.05) is 6.61 Å². The van der Waals surface area contributed by atoms with E-state index in [1.54, 1.807) is 0 Å². The molecule has 0 radical (unpaired) electrons. The van der Waals surface area contributed by atoms with E-state index >= 15 is 0 Å². The second kappa shape index (κ2) is 4.60. The number of likely N-dealkylation sites (tertiary alicyclic amines) is 1. The van der Waals surface area contributed by atoms with E-state index in [1.165, 1.54) is 12.8 Å². The van der Waals surface area contributed by atoms with Crippen molar-refractivity contribution in [1.82, 2.24) is 4.90 Å². The quantitative estimate of drug-likeness (QED) is 0.680. The van der Waals surface area contributed by atoms with Crippen LogP contribution in [0.4, 0.5) is 0 Å². The topological polar surface area (TPSA) is 32.7 Å². The first-order valence-corrected chi connectivity index (χ1v) is 5.77. The number of ether oxygens (including phenoxy) is 1. The molecule has 2 saturated heterocycles. The smallest absolute Gasteiger partial charge is 0.0739 e. The molecular weight excluding hydrogens is 178 g/mol. The van der Waals surface area contributed by atoms with Crippen molar-refractivity contribution in [2.75, 3.05) is 26.3 Å². The van der Waals surface area contributed by atoms with Crippen molar-refractivity contribution in [3.8, 4) is 0 Å². The number of aliphatic hydroxyl groups excluding tert-OH is 1. The summed E-state index contributed by atoms with van der Waals surface area (Å²) in [6.07, 6.45) is 3.17. The molecule has 0 amide bonds. The standard InChI is InChI=1S/C11H21NO2/c1-9-2-5-12(6-3-9)10-8-14-7-4-11(10)13/h9-11,13H,2-8H2,1H3. The molecule has 2 unspecified atom stereocenters. The normalized spacial score (nSPS) is 37.3. The molecule has 14 heavy (non-hydrogen) atoms. The highest BCUT2D eigenvalue weighted by Crippen LogP contribution is 2.22. The summed E-state index contributed by atoms with van der Waals surface area (Å²) in [4.78, 5) is 2.41. The second-order valence-electron chi connectivity index (χ2n) is 4.72. The van der Waals surface area contributed by atoms with Gasteiger partial charge < -0.3 is 9.84 Å². The number of nitrogens with zero attached hydrogens (tertiary/aromatic N) is 1. The third-order valence-electron chi connectivity index (χ3n) is 3.58. The largest absolute Gasteiger partial charge is 0.391 e. The predicted octanol–water partition coefficient (Wildman–Crippen LogP) is 0.868. The maximum absolute atomic E-state index is 9.87. The van der Waals surface area contributed by atoms with Gasteiger partial charge in [-0.1, -0.05) is 6.92 Å². The number of hydrogen-bond donors (Lipinski definition) is 1. The number of hydrogen-bond acceptors (Lipinski definition) is 3. The maximum atomic E-state index is 9.87. The summed E-state index contributed by atoms with van der Waals surface area (Å²) >= 11 is 0. The first-order valence-electron chi connectivity index (χ1n) is 5.77. The van der Waals surface area contributed by atoms with Gasteiger partial charge in [-0.05, 0) is 38.3 Å². The Labute approximate surface area is 86.0 Å². The zero-order valence-corrected chi connectivity index (χ0v) is 8.98. The van der Waals surface area contributed by atoms with Crippen molar-refractivity contribution in [3.05, 3.63) is 0 Å². The van der Waals surface area contributed by atoms with E-state index in [2.05, 4.69) is 11.8 Å². The molecule has 0 aromatic carbocycles. The highest BCUT2D eigenvalue weighted by Gasteiger charge is 2.31. The summed E-state index contributed by atoms with van der Waals surface area (Å²) in [5.74, 6) is 0.855. The summed E-state index contributed by atoms with van der Waals surface area (Å²) in [6, 6.07) is 0.260. The molecule has 2 aliphatic rings. The van der Waals surface area contributed by atoms with Crippen LogP contribution in [-0.2, 0) is 4.74 Å². The average Bonchev–Trinajstić information content (AvgIpc) is 2.20. The monoisotopic (exact) mass is 199 g/mol. The minimum Gasteiger partial charge on any atom is -0.391 e. The third-order valence-corrected chi connectivity index (χ3v) is 3.58. The van der Waals surface area contributed by atoms with Crippen molar-refractivity contribution >= 4 is 0 Å². The highest BCUT2D eigenvalue weighted by molar-refractivity contribution is 4.84. The van der Waals surface area contributed by atoms with Crippen LogP contribution in [0.2, 0.25) is 0 Å². The Kier molecular flexibility index (Phi) is 3.42. The van der Waals surface area contributed by atoms with Gasteiger partial charge in [0.1, 0.15) is 0 Å². The van der Waals surface area contributed by atoms with E-state index in [9.17, 15) is 5.11 Å². The van der Waals surface area contributed by atoms with E-state index in [4.69, 9.17) is 4.74 Å². The Morgan fingerprint density at radius 2 is 1.93 bits per heavy atom. The Bertz CT molecular complexity index is 178. The van der Waals surface area contributed by atoms with Crippen LogP contribution in [0.25, 0.3) is 0 Å². The first kappa shape index (κ1) is 10.4. The van der Waals surface area contributed by atoms with Crippen molar-refractivity contribution < 1.29 is 9.84 Å². The van der Waals surface area contributed by atoms with E-state index in [0.717, 1.165) is 38.6 Å². The molecule has 2 atom stereocenters. The fraction of sp³-hybridized carbons (Fsp3) is 1.00. The molecule has 3 heteroatoms. The minimum absolute atomic E-state index is 0.169. The summed E-state index contributed by atoms with van der Waals surface area (Å²) in [5, 5.41) is 9.87. The van der Waals surface area contributed by atoms with E-state index in [-0.39, 0.29) is 12.1 Å². The summed E-state index contributed by atoms with van der Waals surface area (Å²) < 4.78 is 5.43. The molecule has 3 nitrogen and oxygen atoms in total. The second-order valence-corrected chi connectivity index (χ2v) is 4.72. The average molecular weight is 199 g/mol. The Morgan fingerprint density at radius 3 is 2.57 bits per heavy atom. The van der Waals surface area contributed by atoms with Gasteiger partial charge in [-0.3, -0.25) is 4.90 Å². The molecular formula is C11H21NO2. The van der Waals surface area contributed by atoms with E-state index in [0.29, 0.717) is 0 Å². The van der Waals surface area contributed by atoms with Crippen LogP contribution in [0.3, 0.4) is 0 Å². The summed E-state index contributed by atoms with van der Waals surface area (Å²) in [5.41, 5.74) is 0. The highest BCUT2D eigenvalue weighted by atomic mass is 16.5. The molecule has 1 N–H and O–H groups in total. The summed E-state index contributed by atoms with van der Waals surface area (Å²) in [7, 11) is 0. The molecule has 2 aliphatic heterocycles. The number of rotatable bonds is 1. The SMILES string of the molecule is CC1CCN(C2COCCC2O)CC1.